The van der Waals surface area contributed by atoms with Gasteiger partial charge in [-0.2, -0.15) is 0 Å². The van der Waals surface area contributed by atoms with Gasteiger partial charge in [-0.05, 0) is 0 Å². The molecule has 0 heterocycles. The first kappa shape index (κ1) is 18.0. The van der Waals surface area contributed by atoms with Gasteiger partial charge in [0.2, 0.25) is 0 Å². The van der Waals surface area contributed by atoms with Gasteiger partial charge in [-0.3, -0.25) is 0 Å². The Kier molecular flexibility index (Phi) is 15.9. The summed E-state index contributed by atoms with van der Waals surface area (Å²) in [6.07, 6.45) is 19.1. The molecule has 0 amide bonds. The molecule has 0 radical (unpaired) electrons. The second-order valence-electron chi connectivity index (χ2n) is 5.84. The summed E-state index contributed by atoms with van der Waals surface area (Å²) in [5, 5.41) is 0. The van der Waals surface area contributed by atoms with Crippen LogP contribution in [0.15, 0.2) is 0 Å². The summed E-state index contributed by atoms with van der Waals surface area (Å²) in [5.41, 5.74) is 0. The van der Waals surface area contributed by atoms with Crippen LogP contribution in [0.3, 0.4) is 0 Å². The Balaban J connectivity index is 2.94. The molecule has 1 heteroatoms. The van der Waals surface area contributed by atoms with E-state index in [0.29, 0.717) is 0 Å². The van der Waals surface area contributed by atoms with Crippen molar-refractivity contribution in [2.75, 3.05) is 0 Å². The first-order chi connectivity index (χ1) is 8.31. The van der Waals surface area contributed by atoms with Gasteiger partial charge < -0.3 is 0 Å². The summed E-state index contributed by atoms with van der Waals surface area (Å²) in [4.78, 5) is 0. The molecule has 0 bridgehead atoms. The molecule has 0 N–H and O–H groups in total. The van der Waals surface area contributed by atoms with E-state index in [0.717, 1.165) is 3.17 Å². The van der Waals surface area contributed by atoms with E-state index in [9.17, 15) is 0 Å². The van der Waals surface area contributed by atoms with Crippen molar-refractivity contribution in [3.8, 4) is 0 Å². The summed E-state index contributed by atoms with van der Waals surface area (Å²) in [6, 6.07) is 0. The summed E-state index contributed by atoms with van der Waals surface area (Å²) >= 11 is 1.41. The van der Waals surface area contributed by atoms with E-state index in [1.54, 1.807) is 0 Å². The molecule has 0 saturated carbocycles. The second-order valence-corrected chi connectivity index (χ2v) is 7.47. The van der Waals surface area contributed by atoms with Crippen LogP contribution in [0.2, 0.25) is 3.17 Å². The van der Waals surface area contributed by atoms with Crippen LogP contribution in [0.5, 0.6) is 0 Å². The molecule has 1 atom stereocenters. The molecule has 0 rings (SSSR count). The maximum atomic E-state index is 2.34. The molecular weight excluding hydrogens is 215 g/mol. The van der Waals surface area contributed by atoms with Crippen molar-refractivity contribution in [3.63, 3.8) is 0 Å². The van der Waals surface area contributed by atoms with Crippen LogP contribution in [0, 0.1) is 0 Å². The van der Waals surface area contributed by atoms with Gasteiger partial charge in [0.25, 0.3) is 0 Å². The maximum absolute atomic E-state index is 2.34. The van der Waals surface area contributed by atoms with E-state index in [-0.39, 0.29) is 0 Å². The van der Waals surface area contributed by atoms with Crippen LogP contribution in [0.25, 0.3) is 0 Å². The van der Waals surface area contributed by atoms with E-state index < -0.39 is 0 Å². The fourth-order valence-corrected chi connectivity index (χ4v) is 2.77. The molecule has 0 spiro atoms. The number of hydrogen-bond acceptors (Lipinski definition) is 0. The fraction of sp³-hybridized carbons (Fsp3) is 1.00. The third kappa shape index (κ3) is 14.9. The minimum absolute atomic E-state index is 1.09. The van der Waals surface area contributed by atoms with E-state index >= 15 is 0 Å². The zero-order valence-electron chi connectivity index (χ0n) is 12.8. The van der Waals surface area contributed by atoms with Crippen LogP contribution in [-0.4, -0.2) is 27.9 Å². The molecule has 0 nitrogen and oxygen atoms in total. The SMILES string of the molecule is CCCCCCCCCCCCC[CH]([Na])CC. The Morgan fingerprint density at radius 2 is 1.06 bits per heavy atom. The van der Waals surface area contributed by atoms with Gasteiger partial charge in [0.15, 0.2) is 0 Å². The number of unbranched alkanes of at least 4 members (excludes halogenated alkanes) is 10. The van der Waals surface area contributed by atoms with Gasteiger partial charge in [-0.25, -0.2) is 0 Å². The first-order valence-corrected chi connectivity index (χ1v) is 9.46. The summed E-state index contributed by atoms with van der Waals surface area (Å²) in [7, 11) is 0. The van der Waals surface area contributed by atoms with Gasteiger partial charge >= 0.3 is 115 Å². The molecule has 0 fully saturated rings. The minimum atomic E-state index is 1.09. The zero-order chi connectivity index (χ0) is 12.8. The van der Waals surface area contributed by atoms with Crippen molar-refractivity contribution in [2.45, 2.75) is 100 Å². The van der Waals surface area contributed by atoms with Gasteiger partial charge in [0.05, 0.1) is 0 Å². The summed E-state index contributed by atoms with van der Waals surface area (Å²) in [6.45, 7) is 4.64. The normalized spacial score (nSPS) is 12.9. The molecular formula is C16H33Na. The summed E-state index contributed by atoms with van der Waals surface area (Å²) in [5.74, 6) is 0. The third-order valence-electron chi connectivity index (χ3n) is 4.00. The standard InChI is InChI=1S/C16H33.Na/c1-3-5-7-9-11-13-15-16-14-12-10-8-6-4-2;/h5H,3-4,6-16H2,1-2H3;. The topological polar surface area (TPSA) is 0 Å². The Labute approximate surface area is 128 Å². The van der Waals surface area contributed by atoms with Crippen LogP contribution in [0.1, 0.15) is 97.3 Å². The van der Waals surface area contributed by atoms with E-state index in [1.165, 1.54) is 111 Å². The van der Waals surface area contributed by atoms with Crippen molar-refractivity contribution in [2.24, 2.45) is 0 Å². The van der Waals surface area contributed by atoms with Gasteiger partial charge in [0.1, 0.15) is 0 Å². The van der Waals surface area contributed by atoms with E-state index in [2.05, 4.69) is 13.8 Å². The monoisotopic (exact) mass is 248 g/mol. The first-order valence-electron chi connectivity index (χ1n) is 8.31. The zero-order valence-corrected chi connectivity index (χ0v) is 14.8. The fourth-order valence-electron chi connectivity index (χ4n) is 2.36. The van der Waals surface area contributed by atoms with E-state index in [4.69, 9.17) is 0 Å². The average Bonchev–Trinajstić information content (AvgIpc) is 2.35. The molecule has 0 aromatic rings. The Morgan fingerprint density at radius 1 is 0.647 bits per heavy atom. The quantitative estimate of drug-likeness (QED) is 0.275. The average molecular weight is 248 g/mol. The van der Waals surface area contributed by atoms with Crippen molar-refractivity contribution in [3.05, 3.63) is 0 Å². The predicted octanol–water partition coefficient (Wildman–Crippen LogP) is 6.05. The summed E-state index contributed by atoms with van der Waals surface area (Å²) < 4.78 is 1.09. The number of hydrogen-bond donors (Lipinski definition) is 0. The van der Waals surface area contributed by atoms with E-state index in [1.807, 2.05) is 0 Å². The molecule has 98 valence electrons. The van der Waals surface area contributed by atoms with Crippen LogP contribution in [0.4, 0.5) is 0 Å². The molecule has 0 aromatic heterocycles. The Hall–Kier alpha value is 1.00. The molecule has 0 saturated heterocycles. The van der Waals surface area contributed by atoms with Crippen molar-refractivity contribution >= 4 is 27.9 Å². The van der Waals surface area contributed by atoms with Crippen LogP contribution in [-0.2, 0) is 0 Å². The number of rotatable bonds is 13. The molecule has 17 heavy (non-hydrogen) atoms. The second kappa shape index (κ2) is 15.1. The van der Waals surface area contributed by atoms with Crippen LogP contribution >= 0.6 is 0 Å². The Bertz CT molecular complexity index is 133. The van der Waals surface area contributed by atoms with Crippen LogP contribution < -0.4 is 0 Å². The molecule has 0 aliphatic heterocycles. The Morgan fingerprint density at radius 3 is 1.47 bits per heavy atom. The molecule has 0 aromatic carbocycles. The van der Waals surface area contributed by atoms with Crippen molar-refractivity contribution in [1.29, 1.82) is 0 Å². The molecule has 1 unspecified atom stereocenters. The predicted molar refractivity (Wildman–Crippen MR) is 80.9 cm³/mol. The van der Waals surface area contributed by atoms with Gasteiger partial charge in [-0.15, -0.1) is 0 Å². The third-order valence-corrected chi connectivity index (χ3v) is 5.39. The van der Waals surface area contributed by atoms with Gasteiger partial charge in [-0.1, -0.05) is 13.3 Å². The van der Waals surface area contributed by atoms with Gasteiger partial charge in [0, 0.05) is 0 Å². The molecule has 0 aliphatic rings. The van der Waals surface area contributed by atoms with Crippen molar-refractivity contribution in [1.82, 2.24) is 0 Å². The van der Waals surface area contributed by atoms with Crippen molar-refractivity contribution < 1.29 is 0 Å². The molecule has 0 aliphatic carbocycles.